The zero-order valence-electron chi connectivity index (χ0n) is 20.1. The normalized spacial score (nSPS) is 11.6. The number of para-hydroxylation sites is 1. The third kappa shape index (κ3) is 4.03. The molecule has 0 N–H and O–H groups in total. The number of hydrogen-bond acceptors (Lipinski definition) is 6. The van der Waals surface area contributed by atoms with E-state index in [0.29, 0.717) is 12.0 Å². The van der Waals surface area contributed by atoms with Gasteiger partial charge in [0.15, 0.2) is 0 Å². The first-order chi connectivity index (χ1) is 16.4. The number of nitrogens with zero attached hydrogens (tertiary/aromatic N) is 8. The standard InChI is InChI=1S/C26H28N8/c1-17(2)32-15-21(14-29-32)24-8-6-7-20-13-27-26(30-25(20)24)34(18(3)4)23-11-9-22(10-12-23)33-16-28-19(5)31-33/h6-18H,1-5H3. The molecular weight excluding hydrogens is 424 g/mol. The van der Waals surface area contributed by atoms with Crippen molar-refractivity contribution in [1.29, 1.82) is 0 Å². The summed E-state index contributed by atoms with van der Waals surface area (Å²) in [6.45, 7) is 10.4. The number of rotatable bonds is 6. The van der Waals surface area contributed by atoms with Gasteiger partial charge in [0.1, 0.15) is 12.2 Å². The Bertz CT molecular complexity index is 1430. The van der Waals surface area contributed by atoms with Gasteiger partial charge in [0, 0.05) is 46.7 Å². The molecule has 3 aromatic heterocycles. The summed E-state index contributed by atoms with van der Waals surface area (Å²) in [5, 5.41) is 9.91. The number of aromatic nitrogens is 7. The molecule has 0 saturated heterocycles. The van der Waals surface area contributed by atoms with Gasteiger partial charge in [-0.3, -0.25) is 4.68 Å². The van der Waals surface area contributed by atoms with Crippen LogP contribution in [0.25, 0.3) is 27.7 Å². The quantitative estimate of drug-likeness (QED) is 0.338. The molecule has 5 rings (SSSR count). The molecule has 172 valence electrons. The first-order valence-electron chi connectivity index (χ1n) is 11.5. The summed E-state index contributed by atoms with van der Waals surface area (Å²) in [5.41, 5.74) is 4.98. The number of benzene rings is 2. The minimum atomic E-state index is 0.160. The van der Waals surface area contributed by atoms with E-state index in [9.17, 15) is 0 Å². The molecule has 0 atom stereocenters. The summed E-state index contributed by atoms with van der Waals surface area (Å²) in [5.74, 6) is 1.41. The maximum Gasteiger partial charge on any atom is 0.230 e. The molecule has 2 aromatic carbocycles. The van der Waals surface area contributed by atoms with Crippen LogP contribution in [0.5, 0.6) is 0 Å². The fourth-order valence-corrected chi connectivity index (χ4v) is 4.04. The van der Waals surface area contributed by atoms with Crippen LogP contribution >= 0.6 is 0 Å². The molecule has 0 radical (unpaired) electrons. The van der Waals surface area contributed by atoms with E-state index in [0.717, 1.165) is 39.2 Å². The lowest BCUT2D eigenvalue weighted by Gasteiger charge is -2.27. The van der Waals surface area contributed by atoms with Crippen molar-refractivity contribution in [3.63, 3.8) is 0 Å². The molecule has 0 unspecified atom stereocenters. The predicted molar refractivity (Wildman–Crippen MR) is 135 cm³/mol. The van der Waals surface area contributed by atoms with Crippen molar-refractivity contribution in [1.82, 2.24) is 34.5 Å². The topological polar surface area (TPSA) is 77.5 Å². The van der Waals surface area contributed by atoms with E-state index in [-0.39, 0.29) is 6.04 Å². The van der Waals surface area contributed by atoms with Crippen molar-refractivity contribution < 1.29 is 0 Å². The molecule has 0 amide bonds. The molecule has 8 nitrogen and oxygen atoms in total. The van der Waals surface area contributed by atoms with E-state index in [4.69, 9.17) is 9.97 Å². The smallest absolute Gasteiger partial charge is 0.230 e. The molecule has 5 aromatic rings. The van der Waals surface area contributed by atoms with Crippen LogP contribution < -0.4 is 4.90 Å². The Morgan fingerprint density at radius 3 is 2.35 bits per heavy atom. The molecule has 34 heavy (non-hydrogen) atoms. The molecular formula is C26H28N8. The van der Waals surface area contributed by atoms with Crippen molar-refractivity contribution in [2.75, 3.05) is 4.90 Å². The van der Waals surface area contributed by atoms with Crippen molar-refractivity contribution in [3.05, 3.63) is 73.2 Å². The molecule has 0 fully saturated rings. The maximum atomic E-state index is 5.04. The zero-order chi connectivity index (χ0) is 23.8. The number of aryl methyl sites for hydroxylation is 1. The SMILES string of the molecule is Cc1ncn(-c2ccc(N(c3ncc4cccc(-c5cnn(C(C)C)c5)c4n3)C(C)C)cc2)n1. The molecule has 8 heteroatoms. The van der Waals surface area contributed by atoms with Gasteiger partial charge in [-0.05, 0) is 58.9 Å². The van der Waals surface area contributed by atoms with Crippen molar-refractivity contribution >= 4 is 22.5 Å². The van der Waals surface area contributed by atoms with Crippen LogP contribution in [0.4, 0.5) is 11.6 Å². The van der Waals surface area contributed by atoms with E-state index in [1.165, 1.54) is 0 Å². The largest absolute Gasteiger partial charge is 0.308 e. The van der Waals surface area contributed by atoms with Crippen LogP contribution in [-0.2, 0) is 0 Å². The first kappa shape index (κ1) is 21.8. The Balaban J connectivity index is 1.56. The van der Waals surface area contributed by atoms with E-state index < -0.39 is 0 Å². The lowest BCUT2D eigenvalue weighted by Crippen LogP contribution is -2.27. The Morgan fingerprint density at radius 1 is 0.912 bits per heavy atom. The summed E-state index contributed by atoms with van der Waals surface area (Å²) < 4.78 is 3.74. The number of hydrogen-bond donors (Lipinski definition) is 0. The Labute approximate surface area is 198 Å². The highest BCUT2D eigenvalue weighted by atomic mass is 15.3. The van der Waals surface area contributed by atoms with Crippen molar-refractivity contribution in [2.45, 2.75) is 46.7 Å². The van der Waals surface area contributed by atoms with Gasteiger partial charge in [0.2, 0.25) is 5.95 Å². The van der Waals surface area contributed by atoms with E-state index >= 15 is 0 Å². The van der Waals surface area contributed by atoms with Crippen molar-refractivity contribution in [2.24, 2.45) is 0 Å². The van der Waals surface area contributed by atoms with Gasteiger partial charge in [-0.15, -0.1) is 0 Å². The van der Waals surface area contributed by atoms with Crippen LogP contribution in [0, 0.1) is 6.92 Å². The van der Waals surface area contributed by atoms with Gasteiger partial charge >= 0.3 is 0 Å². The molecule has 0 aliphatic heterocycles. The van der Waals surface area contributed by atoms with E-state index in [1.54, 1.807) is 11.0 Å². The summed E-state index contributed by atoms with van der Waals surface area (Å²) >= 11 is 0. The second-order valence-corrected chi connectivity index (χ2v) is 8.93. The maximum absolute atomic E-state index is 5.04. The van der Waals surface area contributed by atoms with Crippen LogP contribution in [0.2, 0.25) is 0 Å². The summed E-state index contributed by atoms with van der Waals surface area (Å²) in [4.78, 5) is 16.1. The van der Waals surface area contributed by atoms with Gasteiger partial charge in [0.05, 0.1) is 17.4 Å². The average molecular weight is 453 g/mol. The highest BCUT2D eigenvalue weighted by Gasteiger charge is 2.18. The van der Waals surface area contributed by atoms with Gasteiger partial charge < -0.3 is 4.90 Å². The molecule has 0 saturated carbocycles. The molecule has 0 aliphatic carbocycles. The van der Waals surface area contributed by atoms with Gasteiger partial charge in [0.25, 0.3) is 0 Å². The highest BCUT2D eigenvalue weighted by Crippen LogP contribution is 2.31. The molecule has 0 aliphatic rings. The average Bonchev–Trinajstić information content (AvgIpc) is 3.49. The molecule has 3 heterocycles. The summed E-state index contributed by atoms with van der Waals surface area (Å²) in [7, 11) is 0. The Kier molecular flexibility index (Phi) is 5.57. The summed E-state index contributed by atoms with van der Waals surface area (Å²) in [6.07, 6.45) is 7.60. The van der Waals surface area contributed by atoms with Gasteiger partial charge in [-0.1, -0.05) is 18.2 Å². The number of fused-ring (bicyclic) bond motifs is 1. The monoisotopic (exact) mass is 452 g/mol. The van der Waals surface area contributed by atoms with Crippen LogP contribution in [0.15, 0.2) is 67.4 Å². The van der Waals surface area contributed by atoms with Crippen molar-refractivity contribution in [3.8, 4) is 16.8 Å². The Morgan fingerprint density at radius 2 is 1.71 bits per heavy atom. The lowest BCUT2D eigenvalue weighted by molar-refractivity contribution is 0.532. The zero-order valence-corrected chi connectivity index (χ0v) is 20.1. The third-order valence-corrected chi connectivity index (χ3v) is 5.77. The fourth-order valence-electron chi connectivity index (χ4n) is 4.04. The Hall–Kier alpha value is -4.07. The molecule has 0 bridgehead atoms. The second kappa shape index (κ2) is 8.70. The second-order valence-electron chi connectivity index (χ2n) is 8.93. The molecule has 0 spiro atoms. The minimum Gasteiger partial charge on any atom is -0.308 e. The predicted octanol–water partition coefficient (Wildman–Crippen LogP) is 5.51. The minimum absolute atomic E-state index is 0.160. The van der Waals surface area contributed by atoms with Gasteiger partial charge in [-0.2, -0.15) is 10.2 Å². The number of anilines is 2. The van der Waals surface area contributed by atoms with Crippen LogP contribution in [0.3, 0.4) is 0 Å². The van der Waals surface area contributed by atoms with Gasteiger partial charge in [-0.25, -0.2) is 19.6 Å². The van der Waals surface area contributed by atoms with Crippen LogP contribution in [-0.4, -0.2) is 40.6 Å². The van der Waals surface area contributed by atoms with E-state index in [1.807, 2.05) is 48.3 Å². The summed E-state index contributed by atoms with van der Waals surface area (Å²) in [6, 6.07) is 14.8. The fraction of sp³-hybridized carbons (Fsp3) is 0.269. The van der Waals surface area contributed by atoms with Crippen LogP contribution in [0.1, 0.15) is 39.6 Å². The van der Waals surface area contributed by atoms with E-state index in [2.05, 4.69) is 72.2 Å². The first-order valence-corrected chi connectivity index (χ1v) is 11.5. The third-order valence-electron chi connectivity index (χ3n) is 5.77. The lowest BCUT2D eigenvalue weighted by atomic mass is 10.1. The highest BCUT2D eigenvalue weighted by molar-refractivity contribution is 5.93.